The van der Waals surface area contributed by atoms with Crippen LogP contribution in [0.25, 0.3) is 113 Å². The minimum Gasteiger partial charge on any atom is -0.309 e. The van der Waals surface area contributed by atoms with E-state index in [9.17, 15) is 0 Å². The average Bonchev–Trinajstić information content (AvgIpc) is 3.98. The third-order valence-electron chi connectivity index (χ3n) is 14.2. The van der Waals surface area contributed by atoms with Crippen molar-refractivity contribution >= 4 is 103 Å². The molecule has 0 aliphatic heterocycles. The molecule has 14 rings (SSSR count). The van der Waals surface area contributed by atoms with Crippen LogP contribution in [0.2, 0.25) is 0 Å². The summed E-state index contributed by atoms with van der Waals surface area (Å²) in [6.45, 7) is 0. The number of para-hydroxylation sites is 1. The molecule has 0 fully saturated rings. The number of benzene rings is 12. The van der Waals surface area contributed by atoms with Crippen LogP contribution in [0.4, 0.5) is 17.1 Å². The van der Waals surface area contributed by atoms with Crippen molar-refractivity contribution in [2.24, 2.45) is 0 Å². The van der Waals surface area contributed by atoms with Gasteiger partial charge in [0.1, 0.15) is 0 Å². The fourth-order valence-electron chi connectivity index (χ4n) is 10.9. The molecule has 0 spiro atoms. The molecule has 2 nitrogen and oxygen atoms in total. The molecule has 3 heteroatoms. The van der Waals surface area contributed by atoms with Gasteiger partial charge in [0.25, 0.3) is 0 Å². The summed E-state index contributed by atoms with van der Waals surface area (Å²) in [5.41, 5.74) is 14.1. The van der Waals surface area contributed by atoms with Gasteiger partial charge in [-0.3, -0.25) is 0 Å². The van der Waals surface area contributed by atoms with Gasteiger partial charge in [-0.1, -0.05) is 182 Å². The van der Waals surface area contributed by atoms with Crippen LogP contribution in [0.3, 0.4) is 0 Å². The van der Waals surface area contributed by atoms with Crippen LogP contribution in [0.5, 0.6) is 0 Å². The van der Waals surface area contributed by atoms with Crippen molar-refractivity contribution in [3.05, 3.63) is 255 Å². The molecule has 69 heavy (non-hydrogen) atoms. The molecule has 0 saturated heterocycles. The van der Waals surface area contributed by atoms with Gasteiger partial charge in [0.15, 0.2) is 0 Å². The Morgan fingerprint density at radius 2 is 0.725 bits per heavy atom. The third kappa shape index (κ3) is 6.47. The van der Waals surface area contributed by atoms with Crippen LogP contribution in [-0.2, 0) is 0 Å². The standard InChI is InChI=1S/C66H42N2S/c1-2-13-43(14-3-1)44-25-33-49(34-26-44)67(64-23-12-21-59-58-20-9-11-24-65(58)69-66(59)64)50-35-27-46(28-36-50)48-32-40-63-61(42-48)57-19-8-10-22-62(57)68(63)51-37-29-45(30-38-51)47-31-39-56-54-17-5-4-15-52(54)53-16-6-7-18-55(53)60(56)41-47/h1-42H. The second-order valence-electron chi connectivity index (χ2n) is 18.0. The number of hydrogen-bond donors (Lipinski definition) is 0. The molecule has 2 aromatic heterocycles. The molecule has 0 radical (unpaired) electrons. The number of rotatable bonds is 7. The van der Waals surface area contributed by atoms with Gasteiger partial charge in [0, 0.05) is 43.3 Å². The molecule has 322 valence electrons. The monoisotopic (exact) mass is 894 g/mol. The lowest BCUT2D eigenvalue weighted by Gasteiger charge is -2.26. The summed E-state index contributed by atoms with van der Waals surface area (Å²) >= 11 is 1.86. The summed E-state index contributed by atoms with van der Waals surface area (Å²) in [4.78, 5) is 2.42. The average molecular weight is 895 g/mol. The van der Waals surface area contributed by atoms with Gasteiger partial charge in [-0.05, 0) is 138 Å². The van der Waals surface area contributed by atoms with E-state index in [1.807, 2.05) is 11.3 Å². The Morgan fingerprint density at radius 1 is 0.275 bits per heavy atom. The Kier molecular flexibility index (Phi) is 9.11. The number of aromatic nitrogens is 1. The normalized spacial score (nSPS) is 11.8. The maximum atomic E-state index is 2.42. The van der Waals surface area contributed by atoms with Crippen molar-refractivity contribution in [3.63, 3.8) is 0 Å². The summed E-state index contributed by atoms with van der Waals surface area (Å²) in [7, 11) is 0. The van der Waals surface area contributed by atoms with E-state index in [1.165, 1.54) is 113 Å². The SMILES string of the molecule is c1ccc(-c2ccc(N(c3ccc(-c4ccc5c(c4)c4ccccc4n5-c4ccc(-c5ccc6c7ccccc7c7ccccc7c6c5)cc4)cc3)c3cccc4c3sc3ccccc34)cc2)cc1. The van der Waals surface area contributed by atoms with E-state index >= 15 is 0 Å². The fourth-order valence-corrected chi connectivity index (χ4v) is 12.1. The van der Waals surface area contributed by atoms with Gasteiger partial charge in [-0.25, -0.2) is 0 Å². The second kappa shape index (κ2) is 16.0. The van der Waals surface area contributed by atoms with Gasteiger partial charge < -0.3 is 9.47 Å². The maximum absolute atomic E-state index is 2.42. The minimum atomic E-state index is 1.11. The Balaban J connectivity index is 0.828. The van der Waals surface area contributed by atoms with Crippen LogP contribution in [0.1, 0.15) is 0 Å². The number of thiophene rings is 1. The van der Waals surface area contributed by atoms with Gasteiger partial charge in [-0.15, -0.1) is 11.3 Å². The van der Waals surface area contributed by atoms with Gasteiger partial charge >= 0.3 is 0 Å². The summed E-state index contributed by atoms with van der Waals surface area (Å²) in [5, 5.41) is 12.8. The van der Waals surface area contributed by atoms with Crippen molar-refractivity contribution in [1.29, 1.82) is 0 Å². The lowest BCUT2D eigenvalue weighted by molar-refractivity contribution is 1.18. The third-order valence-corrected chi connectivity index (χ3v) is 15.4. The van der Waals surface area contributed by atoms with Crippen molar-refractivity contribution in [2.45, 2.75) is 0 Å². The molecule has 0 saturated carbocycles. The Bertz CT molecular complexity index is 4240. The predicted molar refractivity (Wildman–Crippen MR) is 297 cm³/mol. The van der Waals surface area contributed by atoms with E-state index < -0.39 is 0 Å². The zero-order chi connectivity index (χ0) is 45.4. The molecule has 0 unspecified atom stereocenters. The highest BCUT2D eigenvalue weighted by molar-refractivity contribution is 7.26. The van der Waals surface area contributed by atoms with Crippen molar-refractivity contribution < 1.29 is 0 Å². The number of nitrogens with zero attached hydrogens (tertiary/aromatic N) is 2. The Labute approximate surface area is 403 Å². The molecule has 0 bridgehead atoms. The highest BCUT2D eigenvalue weighted by Crippen LogP contribution is 2.46. The van der Waals surface area contributed by atoms with Crippen LogP contribution in [0.15, 0.2) is 255 Å². The fraction of sp³-hybridized carbons (Fsp3) is 0. The van der Waals surface area contributed by atoms with Gasteiger partial charge in [-0.2, -0.15) is 0 Å². The smallest absolute Gasteiger partial charge is 0.0640 e. The van der Waals surface area contributed by atoms with Crippen LogP contribution >= 0.6 is 11.3 Å². The molecule has 0 N–H and O–H groups in total. The minimum absolute atomic E-state index is 1.11. The van der Waals surface area contributed by atoms with Crippen LogP contribution in [-0.4, -0.2) is 4.57 Å². The Morgan fingerprint density at radius 3 is 1.39 bits per heavy atom. The highest BCUT2D eigenvalue weighted by atomic mass is 32.1. The van der Waals surface area contributed by atoms with E-state index in [-0.39, 0.29) is 0 Å². The van der Waals surface area contributed by atoms with Crippen LogP contribution < -0.4 is 4.90 Å². The van der Waals surface area contributed by atoms with E-state index in [2.05, 4.69) is 264 Å². The highest BCUT2D eigenvalue weighted by Gasteiger charge is 2.20. The maximum Gasteiger partial charge on any atom is 0.0640 e. The molecule has 0 atom stereocenters. The van der Waals surface area contributed by atoms with E-state index in [0.29, 0.717) is 0 Å². The summed E-state index contributed by atoms with van der Waals surface area (Å²) < 4.78 is 4.99. The van der Waals surface area contributed by atoms with Crippen molar-refractivity contribution in [2.75, 3.05) is 4.90 Å². The summed E-state index contributed by atoms with van der Waals surface area (Å²) in [6, 6.07) is 93.6. The molecule has 0 amide bonds. The number of anilines is 3. The number of hydrogen-bond acceptors (Lipinski definition) is 2. The van der Waals surface area contributed by atoms with E-state index in [4.69, 9.17) is 0 Å². The first kappa shape index (κ1) is 39.4. The van der Waals surface area contributed by atoms with Crippen molar-refractivity contribution in [1.82, 2.24) is 4.57 Å². The molecule has 14 aromatic rings. The molecule has 0 aliphatic rings. The zero-order valence-corrected chi connectivity index (χ0v) is 38.4. The lowest BCUT2D eigenvalue weighted by Crippen LogP contribution is -2.10. The summed E-state index contributed by atoms with van der Waals surface area (Å²) in [5.74, 6) is 0. The van der Waals surface area contributed by atoms with Crippen LogP contribution in [0, 0.1) is 0 Å². The van der Waals surface area contributed by atoms with Gasteiger partial charge in [0.05, 0.1) is 21.4 Å². The molecular weight excluding hydrogens is 853 g/mol. The second-order valence-corrected chi connectivity index (χ2v) is 19.1. The first-order valence-electron chi connectivity index (χ1n) is 23.7. The summed E-state index contributed by atoms with van der Waals surface area (Å²) in [6.07, 6.45) is 0. The lowest BCUT2D eigenvalue weighted by atomic mass is 9.92. The molecule has 12 aromatic carbocycles. The largest absolute Gasteiger partial charge is 0.309 e. The topological polar surface area (TPSA) is 8.17 Å². The van der Waals surface area contributed by atoms with Crippen molar-refractivity contribution in [3.8, 4) is 39.1 Å². The van der Waals surface area contributed by atoms with Gasteiger partial charge in [0.2, 0.25) is 0 Å². The van der Waals surface area contributed by atoms with E-state index in [0.717, 1.165) is 17.1 Å². The zero-order valence-electron chi connectivity index (χ0n) is 37.6. The quantitative estimate of drug-likeness (QED) is 0.145. The van der Waals surface area contributed by atoms with E-state index in [1.54, 1.807) is 0 Å². The molecule has 0 aliphatic carbocycles. The Hall–Kier alpha value is -8.76. The predicted octanol–water partition coefficient (Wildman–Crippen LogP) is 19.1. The number of fused-ring (bicyclic) bond motifs is 12. The first-order valence-corrected chi connectivity index (χ1v) is 24.5. The first-order chi connectivity index (χ1) is 34.2. The molecular formula is C66H42N2S. The molecule has 2 heterocycles.